The molecule has 0 aromatic heterocycles. The minimum absolute atomic E-state index is 0.166. The lowest BCUT2D eigenvalue weighted by atomic mass is 10.1. The van der Waals surface area contributed by atoms with Crippen LogP contribution in [-0.2, 0) is 14.8 Å². The molecule has 0 fully saturated rings. The van der Waals surface area contributed by atoms with Gasteiger partial charge in [-0.25, -0.2) is 8.42 Å². The van der Waals surface area contributed by atoms with Crippen LogP contribution in [0.4, 0.5) is 11.4 Å². The fourth-order valence-electron chi connectivity index (χ4n) is 4.50. The molecule has 0 aliphatic carbocycles. The van der Waals surface area contributed by atoms with Crippen molar-refractivity contribution >= 4 is 48.9 Å². The molecule has 0 aliphatic heterocycles. The standard InChI is InChI=1S/C30H26N2O3S/c1-21-10-7-18-28(22(21)2)32(36(34,35)29-19-9-14-24-12-4-6-16-26(24)29)20-30(33)31-27-17-8-13-23-11-3-5-15-25(23)27/h3-19H,20H2,1-2H3,(H,31,33). The molecule has 0 atom stereocenters. The Morgan fingerprint density at radius 2 is 1.31 bits per heavy atom. The molecule has 1 amide bonds. The fraction of sp³-hybridized carbons (Fsp3) is 0.100. The smallest absolute Gasteiger partial charge is 0.265 e. The first-order valence-corrected chi connectivity index (χ1v) is 13.1. The Kier molecular flexibility index (Phi) is 6.20. The topological polar surface area (TPSA) is 66.5 Å². The second-order valence-electron chi connectivity index (χ2n) is 8.78. The largest absolute Gasteiger partial charge is 0.324 e. The summed E-state index contributed by atoms with van der Waals surface area (Å²) in [5.41, 5.74) is 2.87. The zero-order chi connectivity index (χ0) is 25.3. The second kappa shape index (κ2) is 9.47. The highest BCUT2D eigenvalue weighted by Crippen LogP contribution is 2.32. The van der Waals surface area contributed by atoms with E-state index in [4.69, 9.17) is 0 Å². The van der Waals surface area contributed by atoms with Gasteiger partial charge < -0.3 is 5.32 Å². The van der Waals surface area contributed by atoms with Crippen LogP contribution >= 0.6 is 0 Å². The van der Waals surface area contributed by atoms with Crippen LogP contribution in [0.25, 0.3) is 21.5 Å². The zero-order valence-electron chi connectivity index (χ0n) is 20.1. The van der Waals surface area contributed by atoms with E-state index < -0.39 is 15.9 Å². The van der Waals surface area contributed by atoms with Crippen LogP contribution in [-0.4, -0.2) is 20.9 Å². The van der Waals surface area contributed by atoms with Gasteiger partial charge in [-0.15, -0.1) is 0 Å². The molecule has 0 spiro atoms. The number of nitrogens with one attached hydrogen (secondary N) is 1. The highest BCUT2D eigenvalue weighted by molar-refractivity contribution is 7.93. The lowest BCUT2D eigenvalue weighted by Crippen LogP contribution is -2.38. The maximum Gasteiger partial charge on any atom is 0.265 e. The number of carbonyl (C=O) groups is 1. The Hall–Kier alpha value is -4.16. The molecular weight excluding hydrogens is 468 g/mol. The Bertz CT molecular complexity index is 1700. The summed E-state index contributed by atoms with van der Waals surface area (Å²) < 4.78 is 29.5. The first-order valence-electron chi connectivity index (χ1n) is 11.7. The van der Waals surface area contributed by atoms with Crippen molar-refractivity contribution in [3.63, 3.8) is 0 Å². The average Bonchev–Trinajstić information content (AvgIpc) is 2.89. The average molecular weight is 495 g/mol. The van der Waals surface area contributed by atoms with Crippen molar-refractivity contribution in [1.82, 2.24) is 0 Å². The van der Waals surface area contributed by atoms with Crippen LogP contribution in [0.5, 0.6) is 0 Å². The molecule has 36 heavy (non-hydrogen) atoms. The quantitative estimate of drug-likeness (QED) is 0.295. The summed E-state index contributed by atoms with van der Waals surface area (Å²) in [6.45, 7) is 3.44. The molecule has 0 radical (unpaired) electrons. The normalized spacial score (nSPS) is 11.5. The number of nitrogens with zero attached hydrogens (tertiary/aromatic N) is 1. The maximum absolute atomic E-state index is 14.2. The third-order valence-electron chi connectivity index (χ3n) is 6.51. The lowest BCUT2D eigenvalue weighted by molar-refractivity contribution is -0.114. The Labute approximate surface area is 211 Å². The van der Waals surface area contributed by atoms with Crippen molar-refractivity contribution in [2.24, 2.45) is 0 Å². The number of hydrogen-bond donors (Lipinski definition) is 1. The van der Waals surface area contributed by atoms with Crippen molar-refractivity contribution in [1.29, 1.82) is 0 Å². The summed E-state index contributed by atoms with van der Waals surface area (Å²) in [6, 6.07) is 31.5. The van der Waals surface area contributed by atoms with E-state index in [1.807, 2.05) is 92.7 Å². The monoisotopic (exact) mass is 494 g/mol. The van der Waals surface area contributed by atoms with Gasteiger partial charge in [0.15, 0.2) is 0 Å². The summed E-state index contributed by atoms with van der Waals surface area (Å²) >= 11 is 0. The van der Waals surface area contributed by atoms with Gasteiger partial charge in [-0.3, -0.25) is 9.10 Å². The fourth-order valence-corrected chi connectivity index (χ4v) is 6.20. The highest BCUT2D eigenvalue weighted by Gasteiger charge is 2.30. The van der Waals surface area contributed by atoms with E-state index in [1.165, 1.54) is 4.31 Å². The van der Waals surface area contributed by atoms with Crippen molar-refractivity contribution in [3.05, 3.63) is 114 Å². The van der Waals surface area contributed by atoms with Gasteiger partial charge in [0, 0.05) is 16.5 Å². The van der Waals surface area contributed by atoms with Crippen LogP contribution in [0, 0.1) is 13.8 Å². The Morgan fingerprint density at radius 1 is 0.722 bits per heavy atom. The zero-order valence-corrected chi connectivity index (χ0v) is 20.9. The van der Waals surface area contributed by atoms with Crippen molar-refractivity contribution in [3.8, 4) is 0 Å². The van der Waals surface area contributed by atoms with Crippen molar-refractivity contribution in [2.45, 2.75) is 18.7 Å². The number of hydrogen-bond acceptors (Lipinski definition) is 3. The molecule has 0 saturated heterocycles. The molecule has 1 N–H and O–H groups in total. The van der Waals surface area contributed by atoms with E-state index >= 15 is 0 Å². The van der Waals surface area contributed by atoms with E-state index in [2.05, 4.69) is 5.32 Å². The predicted molar refractivity (Wildman–Crippen MR) is 147 cm³/mol. The van der Waals surface area contributed by atoms with Gasteiger partial charge in [0.25, 0.3) is 10.0 Å². The minimum Gasteiger partial charge on any atom is -0.324 e. The second-order valence-corrected chi connectivity index (χ2v) is 10.6. The summed E-state index contributed by atoms with van der Waals surface area (Å²) in [5.74, 6) is -0.420. The van der Waals surface area contributed by atoms with Gasteiger partial charge in [0.1, 0.15) is 6.54 Å². The van der Waals surface area contributed by atoms with Gasteiger partial charge >= 0.3 is 0 Å². The van der Waals surface area contributed by atoms with Crippen LogP contribution in [0.3, 0.4) is 0 Å². The molecule has 5 aromatic rings. The third kappa shape index (κ3) is 4.32. The molecule has 180 valence electrons. The van der Waals surface area contributed by atoms with Crippen LogP contribution < -0.4 is 9.62 Å². The molecule has 5 aromatic carbocycles. The number of rotatable bonds is 6. The van der Waals surface area contributed by atoms with Gasteiger partial charge in [0.2, 0.25) is 5.91 Å². The SMILES string of the molecule is Cc1cccc(N(CC(=O)Nc2cccc3ccccc23)S(=O)(=O)c2cccc3ccccc23)c1C. The van der Waals surface area contributed by atoms with Gasteiger partial charge in [-0.2, -0.15) is 0 Å². The van der Waals surface area contributed by atoms with E-state index in [-0.39, 0.29) is 11.4 Å². The molecule has 5 nitrogen and oxygen atoms in total. The third-order valence-corrected chi connectivity index (χ3v) is 8.33. The van der Waals surface area contributed by atoms with E-state index in [0.717, 1.165) is 27.3 Å². The summed E-state index contributed by atoms with van der Waals surface area (Å²) in [4.78, 5) is 13.5. The number of anilines is 2. The van der Waals surface area contributed by atoms with Gasteiger partial charge in [0.05, 0.1) is 10.6 Å². The van der Waals surface area contributed by atoms with Crippen molar-refractivity contribution in [2.75, 3.05) is 16.2 Å². The number of carbonyl (C=O) groups excluding carboxylic acids is 1. The lowest BCUT2D eigenvalue weighted by Gasteiger charge is -2.27. The van der Waals surface area contributed by atoms with Gasteiger partial charge in [-0.1, -0.05) is 84.9 Å². The summed E-state index contributed by atoms with van der Waals surface area (Å²) in [5, 5.41) is 6.25. The number of sulfonamides is 1. The van der Waals surface area contributed by atoms with E-state index in [9.17, 15) is 13.2 Å². The number of amides is 1. The van der Waals surface area contributed by atoms with Crippen LogP contribution in [0.2, 0.25) is 0 Å². The Balaban J connectivity index is 1.59. The van der Waals surface area contributed by atoms with E-state index in [0.29, 0.717) is 16.8 Å². The first kappa shape index (κ1) is 23.6. The van der Waals surface area contributed by atoms with Crippen LogP contribution in [0.1, 0.15) is 11.1 Å². The minimum atomic E-state index is -4.08. The molecule has 0 aliphatic rings. The Morgan fingerprint density at radius 3 is 2.06 bits per heavy atom. The summed E-state index contributed by atoms with van der Waals surface area (Å²) in [7, 11) is -4.08. The molecule has 0 bridgehead atoms. The molecule has 0 heterocycles. The maximum atomic E-state index is 14.2. The van der Waals surface area contributed by atoms with Crippen molar-refractivity contribution < 1.29 is 13.2 Å². The molecule has 5 rings (SSSR count). The van der Waals surface area contributed by atoms with E-state index in [1.54, 1.807) is 24.3 Å². The van der Waals surface area contributed by atoms with Gasteiger partial charge in [-0.05, 0) is 53.9 Å². The molecule has 6 heteroatoms. The first-order chi connectivity index (χ1) is 17.4. The molecular formula is C30H26N2O3S. The highest BCUT2D eigenvalue weighted by atomic mass is 32.2. The number of fused-ring (bicyclic) bond motifs is 2. The van der Waals surface area contributed by atoms with Crippen LogP contribution in [0.15, 0.2) is 108 Å². The molecule has 0 unspecified atom stereocenters. The number of aryl methyl sites for hydroxylation is 1. The summed E-state index contributed by atoms with van der Waals surface area (Å²) in [6.07, 6.45) is 0. The number of benzene rings is 5. The predicted octanol–water partition coefficient (Wildman–Crippen LogP) is 6.44. The molecule has 0 saturated carbocycles.